The molecule has 1 N–H and O–H groups in total. The van der Waals surface area contributed by atoms with Crippen LogP contribution in [0.15, 0.2) is 16.9 Å². The standard InChI is InChI=1S/C18H24Cl2N4O2/c19-14-11-16-17(12-15(14)20)24(13-1-3-21-4-2-13)18(25)23(16)6-5-22-7-9-26-10-8-22/h11-13,21H,1-10H2. The van der Waals surface area contributed by atoms with Crippen molar-refractivity contribution < 1.29 is 4.74 Å². The summed E-state index contributed by atoms with van der Waals surface area (Å²) in [5, 5.41) is 4.34. The van der Waals surface area contributed by atoms with Crippen LogP contribution in [0.5, 0.6) is 0 Å². The van der Waals surface area contributed by atoms with Crippen LogP contribution in [0.25, 0.3) is 11.0 Å². The maximum Gasteiger partial charge on any atom is 0.329 e. The van der Waals surface area contributed by atoms with Gasteiger partial charge in [-0.3, -0.25) is 14.0 Å². The van der Waals surface area contributed by atoms with Gasteiger partial charge in [-0.25, -0.2) is 4.79 Å². The van der Waals surface area contributed by atoms with Crippen LogP contribution in [0.4, 0.5) is 0 Å². The van der Waals surface area contributed by atoms with Crippen LogP contribution in [0.3, 0.4) is 0 Å². The van der Waals surface area contributed by atoms with Gasteiger partial charge in [0.2, 0.25) is 0 Å². The molecule has 2 aliphatic heterocycles. The molecule has 2 saturated heterocycles. The molecule has 2 aliphatic rings. The molecule has 0 aliphatic carbocycles. The van der Waals surface area contributed by atoms with Gasteiger partial charge in [-0.15, -0.1) is 0 Å². The van der Waals surface area contributed by atoms with E-state index in [2.05, 4.69) is 10.2 Å². The number of imidazole rings is 1. The summed E-state index contributed by atoms with van der Waals surface area (Å²) in [5.41, 5.74) is 1.80. The molecular weight excluding hydrogens is 375 g/mol. The van der Waals surface area contributed by atoms with Gasteiger partial charge in [0.15, 0.2) is 0 Å². The van der Waals surface area contributed by atoms with Gasteiger partial charge in [-0.05, 0) is 38.1 Å². The van der Waals surface area contributed by atoms with Crippen molar-refractivity contribution in [3.63, 3.8) is 0 Å². The Kier molecular flexibility index (Phi) is 5.57. The lowest BCUT2D eigenvalue weighted by Gasteiger charge is -2.26. The Hall–Kier alpha value is -1.05. The molecule has 2 fully saturated rings. The third kappa shape index (κ3) is 3.53. The number of aromatic nitrogens is 2. The Bertz CT molecular complexity index is 836. The van der Waals surface area contributed by atoms with Crippen molar-refractivity contribution in [1.29, 1.82) is 0 Å². The third-order valence-electron chi connectivity index (χ3n) is 5.42. The van der Waals surface area contributed by atoms with Crippen LogP contribution in [-0.2, 0) is 11.3 Å². The zero-order chi connectivity index (χ0) is 18.1. The summed E-state index contributed by atoms with van der Waals surface area (Å²) in [6.07, 6.45) is 1.89. The van der Waals surface area contributed by atoms with Crippen molar-refractivity contribution in [2.75, 3.05) is 45.9 Å². The molecule has 6 nitrogen and oxygen atoms in total. The smallest absolute Gasteiger partial charge is 0.329 e. The highest BCUT2D eigenvalue weighted by Crippen LogP contribution is 2.30. The van der Waals surface area contributed by atoms with Crippen molar-refractivity contribution in [2.45, 2.75) is 25.4 Å². The second-order valence-corrected chi connectivity index (χ2v) is 7.81. The molecule has 26 heavy (non-hydrogen) atoms. The second kappa shape index (κ2) is 7.90. The maximum atomic E-state index is 13.3. The predicted molar refractivity (Wildman–Crippen MR) is 105 cm³/mol. The van der Waals surface area contributed by atoms with E-state index in [1.807, 2.05) is 21.3 Å². The highest BCUT2D eigenvalue weighted by atomic mass is 35.5. The van der Waals surface area contributed by atoms with E-state index in [1.54, 1.807) is 0 Å². The lowest BCUT2D eigenvalue weighted by Crippen LogP contribution is -2.40. The summed E-state index contributed by atoms with van der Waals surface area (Å²) in [5.74, 6) is 0. The summed E-state index contributed by atoms with van der Waals surface area (Å²) < 4.78 is 9.19. The Morgan fingerprint density at radius 3 is 2.38 bits per heavy atom. The summed E-state index contributed by atoms with van der Waals surface area (Å²) >= 11 is 12.5. The summed E-state index contributed by atoms with van der Waals surface area (Å²) in [6, 6.07) is 3.87. The first-order chi connectivity index (χ1) is 12.6. The SMILES string of the molecule is O=c1n(CCN2CCOCC2)c2cc(Cl)c(Cl)cc2n1C1CCNCC1. The van der Waals surface area contributed by atoms with Crippen LogP contribution in [0.1, 0.15) is 18.9 Å². The first-order valence-corrected chi connectivity index (χ1v) is 10.0. The summed E-state index contributed by atoms with van der Waals surface area (Å²) in [7, 11) is 0. The minimum absolute atomic E-state index is 0.0403. The van der Waals surface area contributed by atoms with Crippen molar-refractivity contribution in [3.8, 4) is 0 Å². The van der Waals surface area contributed by atoms with E-state index in [9.17, 15) is 4.79 Å². The van der Waals surface area contributed by atoms with Gasteiger partial charge in [0.1, 0.15) is 0 Å². The fraction of sp³-hybridized carbons (Fsp3) is 0.611. The fourth-order valence-corrected chi connectivity index (χ4v) is 4.29. The van der Waals surface area contributed by atoms with E-state index in [0.29, 0.717) is 16.6 Å². The summed E-state index contributed by atoms with van der Waals surface area (Å²) in [4.78, 5) is 15.6. The van der Waals surface area contributed by atoms with E-state index in [4.69, 9.17) is 27.9 Å². The molecule has 1 aromatic carbocycles. The molecule has 2 aromatic rings. The lowest BCUT2D eigenvalue weighted by molar-refractivity contribution is 0.0364. The molecular formula is C18H24Cl2N4O2. The van der Waals surface area contributed by atoms with Gasteiger partial charge >= 0.3 is 5.69 Å². The third-order valence-corrected chi connectivity index (χ3v) is 6.14. The topological polar surface area (TPSA) is 51.4 Å². The zero-order valence-electron chi connectivity index (χ0n) is 14.7. The second-order valence-electron chi connectivity index (χ2n) is 6.99. The van der Waals surface area contributed by atoms with Crippen molar-refractivity contribution in [3.05, 3.63) is 32.7 Å². The van der Waals surface area contributed by atoms with Gasteiger partial charge < -0.3 is 10.1 Å². The first kappa shape index (κ1) is 18.3. The van der Waals surface area contributed by atoms with Crippen LogP contribution >= 0.6 is 23.2 Å². The monoisotopic (exact) mass is 398 g/mol. The molecule has 0 spiro atoms. The Morgan fingerprint density at radius 1 is 1.04 bits per heavy atom. The van der Waals surface area contributed by atoms with E-state index >= 15 is 0 Å². The number of ether oxygens (including phenoxy) is 1. The number of nitrogens with zero attached hydrogens (tertiary/aromatic N) is 3. The van der Waals surface area contributed by atoms with E-state index < -0.39 is 0 Å². The Morgan fingerprint density at radius 2 is 1.69 bits per heavy atom. The minimum atomic E-state index is 0.0403. The zero-order valence-corrected chi connectivity index (χ0v) is 16.2. The number of morpholine rings is 1. The first-order valence-electron chi connectivity index (χ1n) is 9.26. The molecule has 1 aromatic heterocycles. The van der Waals surface area contributed by atoms with E-state index in [1.165, 1.54) is 0 Å². The predicted octanol–water partition coefficient (Wildman–Crippen LogP) is 2.37. The molecule has 4 rings (SSSR count). The number of fused-ring (bicyclic) bond motifs is 1. The van der Waals surface area contributed by atoms with Crippen molar-refractivity contribution >= 4 is 34.2 Å². The molecule has 0 amide bonds. The largest absolute Gasteiger partial charge is 0.379 e. The number of halogens is 2. The quantitative estimate of drug-likeness (QED) is 0.858. The number of rotatable bonds is 4. The molecule has 0 radical (unpaired) electrons. The number of hydrogen-bond acceptors (Lipinski definition) is 4. The normalized spacial score (nSPS) is 20.1. The molecule has 0 saturated carbocycles. The Balaban J connectivity index is 1.72. The molecule has 0 atom stereocenters. The van der Waals surface area contributed by atoms with Crippen LogP contribution in [0.2, 0.25) is 10.0 Å². The van der Waals surface area contributed by atoms with Gasteiger partial charge in [0.25, 0.3) is 0 Å². The lowest BCUT2D eigenvalue weighted by atomic mass is 10.1. The summed E-state index contributed by atoms with van der Waals surface area (Å²) in [6.45, 7) is 6.67. The molecule has 0 unspecified atom stereocenters. The molecule has 0 bridgehead atoms. The number of nitrogens with one attached hydrogen (secondary N) is 1. The fourth-order valence-electron chi connectivity index (χ4n) is 3.97. The van der Waals surface area contributed by atoms with E-state index in [0.717, 1.165) is 69.8 Å². The number of benzene rings is 1. The highest BCUT2D eigenvalue weighted by molar-refractivity contribution is 6.42. The molecule has 142 valence electrons. The number of hydrogen-bond donors (Lipinski definition) is 1. The van der Waals surface area contributed by atoms with Gasteiger partial charge in [0.05, 0.1) is 34.3 Å². The molecule has 8 heteroatoms. The maximum absolute atomic E-state index is 13.3. The molecule has 3 heterocycles. The number of piperidine rings is 1. The van der Waals surface area contributed by atoms with Gasteiger partial charge in [-0.1, -0.05) is 23.2 Å². The Labute approximate surface area is 162 Å². The minimum Gasteiger partial charge on any atom is -0.379 e. The average molecular weight is 399 g/mol. The highest BCUT2D eigenvalue weighted by Gasteiger charge is 2.23. The van der Waals surface area contributed by atoms with Crippen LogP contribution in [-0.4, -0.2) is 60.0 Å². The van der Waals surface area contributed by atoms with Crippen LogP contribution in [0, 0.1) is 0 Å². The van der Waals surface area contributed by atoms with Crippen molar-refractivity contribution in [1.82, 2.24) is 19.4 Å². The van der Waals surface area contributed by atoms with Gasteiger partial charge in [-0.2, -0.15) is 0 Å². The van der Waals surface area contributed by atoms with E-state index in [-0.39, 0.29) is 11.7 Å². The average Bonchev–Trinajstić information content (AvgIpc) is 2.92. The van der Waals surface area contributed by atoms with Crippen molar-refractivity contribution in [2.24, 2.45) is 0 Å². The van der Waals surface area contributed by atoms with Crippen LogP contribution < -0.4 is 11.0 Å². The van der Waals surface area contributed by atoms with Gasteiger partial charge in [0, 0.05) is 32.2 Å².